The Morgan fingerprint density at radius 3 is 2.55 bits per heavy atom. The minimum absolute atomic E-state index is 0.0138. The summed E-state index contributed by atoms with van der Waals surface area (Å²) in [4.78, 5) is 13.9. The maximum absolute atomic E-state index is 14.4. The van der Waals surface area contributed by atoms with E-state index in [2.05, 4.69) is 22.8 Å². The molecule has 1 amide bonds. The molecule has 0 fully saturated rings. The molecule has 1 N–H and O–H groups in total. The molecule has 0 heterocycles. The third-order valence-electron chi connectivity index (χ3n) is 3.30. The van der Waals surface area contributed by atoms with Crippen molar-refractivity contribution < 1.29 is 39.9 Å². The molecule has 9 heteroatoms. The predicted octanol–water partition coefficient (Wildman–Crippen LogP) is 3.78. The second-order valence-corrected chi connectivity index (χ2v) is 9.09. The van der Waals surface area contributed by atoms with Crippen molar-refractivity contribution in [1.29, 1.82) is 0 Å². The standard InChI is InChI=1S/C20H21FI2N3O3/c1-20(2,3)29-19(27)24-17-9-8-15(11-16(17)21)28-14-7-5-6-13(10-14)18(12-23-4)25-26-22/h5-12H,1-4H3,(H,24,27)/q-1/b18-12-,26-25?. The number of rotatable bonds is 6. The molecule has 0 aliphatic carbocycles. The van der Waals surface area contributed by atoms with Crippen molar-refractivity contribution in [1.82, 2.24) is 0 Å². The first-order valence-electron chi connectivity index (χ1n) is 8.50. The van der Waals surface area contributed by atoms with Crippen LogP contribution in [0.4, 0.5) is 14.9 Å². The number of carbonyl (C=O) groups excluding carboxylic acids is 1. The van der Waals surface area contributed by atoms with E-state index in [1.54, 1.807) is 32.9 Å². The molecular formula is C20H21FI2N3O3-. The molecule has 0 atom stereocenters. The molecule has 156 valence electrons. The van der Waals surface area contributed by atoms with Gasteiger partial charge in [-0.25, -0.2) is 4.79 Å². The number of ether oxygens (including phenoxy) is 2. The van der Waals surface area contributed by atoms with E-state index in [9.17, 15) is 9.18 Å². The van der Waals surface area contributed by atoms with Gasteiger partial charge in [-0.15, -0.1) is 0 Å². The Bertz CT molecular complexity index is 927. The SMILES string of the molecule is C[I-]/C=C(\N=NI)c1cccc(Oc2ccc(NC(=O)OC(C)(C)C)c(F)c2)c1. The van der Waals surface area contributed by atoms with Gasteiger partial charge in [0.05, 0.1) is 0 Å². The number of nitrogens with one attached hydrogen (secondary N) is 1. The van der Waals surface area contributed by atoms with Crippen LogP contribution in [0.15, 0.2) is 55.0 Å². The van der Waals surface area contributed by atoms with Gasteiger partial charge in [0, 0.05) is 0 Å². The fourth-order valence-electron chi connectivity index (χ4n) is 2.22. The van der Waals surface area contributed by atoms with Crippen molar-refractivity contribution in [2.24, 2.45) is 8.44 Å². The van der Waals surface area contributed by atoms with Gasteiger partial charge in [0.15, 0.2) is 0 Å². The minimum atomic E-state index is -0.722. The first-order valence-corrected chi connectivity index (χ1v) is 12.9. The van der Waals surface area contributed by atoms with Crippen LogP contribution in [0.5, 0.6) is 11.5 Å². The molecular weight excluding hydrogens is 603 g/mol. The second kappa shape index (κ2) is 10.9. The molecule has 0 saturated heterocycles. The van der Waals surface area contributed by atoms with E-state index in [4.69, 9.17) is 9.47 Å². The van der Waals surface area contributed by atoms with Crippen molar-refractivity contribution >= 4 is 40.3 Å². The molecule has 6 nitrogen and oxygen atoms in total. The Balaban J connectivity index is 2.15. The average molecular weight is 624 g/mol. The van der Waals surface area contributed by atoms with E-state index in [-0.39, 0.29) is 26.9 Å². The molecule has 0 aliphatic heterocycles. The number of hydrogen-bond acceptors (Lipinski definition) is 5. The van der Waals surface area contributed by atoms with Crippen molar-refractivity contribution in [3.05, 3.63) is 57.9 Å². The number of benzene rings is 2. The van der Waals surface area contributed by atoms with E-state index in [1.165, 1.54) is 12.1 Å². The number of nitrogens with zero attached hydrogens (tertiary/aromatic N) is 2. The second-order valence-electron chi connectivity index (χ2n) is 6.79. The monoisotopic (exact) mass is 624 g/mol. The first-order chi connectivity index (χ1) is 13.7. The molecule has 29 heavy (non-hydrogen) atoms. The molecule has 0 spiro atoms. The Labute approximate surface area is 193 Å². The molecule has 2 aromatic rings. The van der Waals surface area contributed by atoms with E-state index >= 15 is 0 Å². The van der Waals surface area contributed by atoms with Gasteiger partial charge in [-0.1, -0.05) is 0 Å². The number of halogens is 3. The topological polar surface area (TPSA) is 72.3 Å². The van der Waals surface area contributed by atoms with Crippen LogP contribution in [0.3, 0.4) is 0 Å². The van der Waals surface area contributed by atoms with Crippen LogP contribution in [0.1, 0.15) is 26.3 Å². The third-order valence-corrected chi connectivity index (χ3v) is 4.73. The van der Waals surface area contributed by atoms with E-state index in [0.29, 0.717) is 11.5 Å². The Morgan fingerprint density at radius 1 is 1.21 bits per heavy atom. The number of anilines is 1. The van der Waals surface area contributed by atoms with Gasteiger partial charge >= 0.3 is 159 Å². The van der Waals surface area contributed by atoms with Crippen molar-refractivity contribution in [2.75, 3.05) is 10.2 Å². The van der Waals surface area contributed by atoms with Gasteiger partial charge in [0.25, 0.3) is 0 Å². The Hall–Kier alpha value is -1.76. The van der Waals surface area contributed by atoms with E-state index in [0.717, 1.165) is 11.3 Å². The number of alkyl halides is 1. The fraction of sp³-hybridized carbons (Fsp3) is 0.250. The van der Waals surface area contributed by atoms with Gasteiger partial charge in [0.2, 0.25) is 0 Å². The van der Waals surface area contributed by atoms with Crippen LogP contribution in [-0.2, 0) is 4.74 Å². The van der Waals surface area contributed by atoms with Crippen molar-refractivity contribution in [3.63, 3.8) is 0 Å². The van der Waals surface area contributed by atoms with E-state index < -0.39 is 17.5 Å². The summed E-state index contributed by atoms with van der Waals surface area (Å²) in [5, 5.41) is 6.53. The van der Waals surface area contributed by atoms with Crippen LogP contribution in [0.25, 0.3) is 5.70 Å². The zero-order chi connectivity index (χ0) is 21.4. The third kappa shape index (κ3) is 7.88. The fourth-order valence-corrected chi connectivity index (χ4v) is 3.52. The summed E-state index contributed by atoms with van der Waals surface area (Å²) >= 11 is 1.73. The number of hydrogen-bond donors (Lipinski definition) is 1. The van der Waals surface area contributed by atoms with Crippen LogP contribution < -0.4 is 31.3 Å². The molecule has 0 bridgehead atoms. The molecule has 0 aromatic heterocycles. The number of amides is 1. The predicted molar refractivity (Wildman–Crippen MR) is 116 cm³/mol. The van der Waals surface area contributed by atoms with Gasteiger partial charge in [-0.3, -0.25) is 0 Å². The first kappa shape index (κ1) is 23.5. The summed E-state index contributed by atoms with van der Waals surface area (Å²) in [6.45, 7) is 5.20. The zero-order valence-electron chi connectivity index (χ0n) is 16.4. The summed E-state index contributed by atoms with van der Waals surface area (Å²) < 4.78 is 31.2. The molecule has 0 saturated carbocycles. The van der Waals surface area contributed by atoms with Crippen LogP contribution in [-0.4, -0.2) is 16.6 Å². The quantitative estimate of drug-likeness (QED) is 0.303. The van der Waals surface area contributed by atoms with Gasteiger partial charge in [-0.2, -0.15) is 0 Å². The summed E-state index contributed by atoms with van der Waals surface area (Å²) in [6.07, 6.45) is -0.722. The molecule has 2 aromatic carbocycles. The summed E-state index contributed by atoms with van der Waals surface area (Å²) in [5.74, 6) is 0.219. The maximum atomic E-state index is 14.4. The summed E-state index contributed by atoms with van der Waals surface area (Å²) in [5.41, 5.74) is 0.995. The Kier molecular flexibility index (Phi) is 8.80. The van der Waals surface area contributed by atoms with E-state index in [1.807, 2.05) is 41.1 Å². The van der Waals surface area contributed by atoms with Crippen LogP contribution >= 0.6 is 22.9 Å². The molecule has 2 rings (SSSR count). The van der Waals surface area contributed by atoms with Gasteiger partial charge in [0.1, 0.15) is 5.60 Å². The Morgan fingerprint density at radius 2 is 1.93 bits per heavy atom. The van der Waals surface area contributed by atoms with Crippen molar-refractivity contribution in [3.8, 4) is 11.5 Å². The normalized spacial score (nSPS) is 12.3. The van der Waals surface area contributed by atoms with Crippen LogP contribution in [0, 0.1) is 5.82 Å². The molecule has 0 aliphatic rings. The van der Waals surface area contributed by atoms with Gasteiger partial charge < -0.3 is 4.74 Å². The molecule has 0 unspecified atom stereocenters. The zero-order valence-corrected chi connectivity index (χ0v) is 20.7. The van der Waals surface area contributed by atoms with Crippen LogP contribution in [0.2, 0.25) is 0 Å². The summed E-state index contributed by atoms with van der Waals surface area (Å²) in [7, 11) is 0. The average Bonchev–Trinajstić information content (AvgIpc) is 2.62. The van der Waals surface area contributed by atoms with Gasteiger partial charge in [-0.05, 0) is 20.8 Å². The summed E-state index contributed by atoms with van der Waals surface area (Å²) in [6, 6.07) is 11.5. The molecule has 0 radical (unpaired) electrons. The number of carbonyl (C=O) groups is 1. The van der Waals surface area contributed by atoms with Crippen molar-refractivity contribution in [2.45, 2.75) is 26.4 Å².